The first-order chi connectivity index (χ1) is 14.1. The van der Waals surface area contributed by atoms with Crippen molar-refractivity contribution in [3.05, 3.63) is 54.1 Å². The molecule has 0 unspecified atom stereocenters. The summed E-state index contributed by atoms with van der Waals surface area (Å²) in [5, 5.41) is 3.05. The van der Waals surface area contributed by atoms with E-state index in [1.807, 2.05) is 48.5 Å². The van der Waals surface area contributed by atoms with Gasteiger partial charge in [-0.1, -0.05) is 24.3 Å². The van der Waals surface area contributed by atoms with Crippen LogP contribution >= 0.6 is 11.8 Å². The molecule has 0 bridgehead atoms. The lowest BCUT2D eigenvalue weighted by Crippen LogP contribution is -2.51. The van der Waals surface area contributed by atoms with Gasteiger partial charge in [0.05, 0.1) is 24.2 Å². The van der Waals surface area contributed by atoms with E-state index in [1.165, 1.54) is 6.92 Å². The number of nitrogens with zero attached hydrogens (tertiary/aromatic N) is 1. The predicted octanol–water partition coefficient (Wildman–Crippen LogP) is 3.52. The first-order valence-electron chi connectivity index (χ1n) is 9.72. The second-order valence-corrected chi connectivity index (χ2v) is 8.31. The Kier molecular flexibility index (Phi) is 5.78. The molecule has 0 aromatic heterocycles. The van der Waals surface area contributed by atoms with Gasteiger partial charge in [0, 0.05) is 11.8 Å². The first kappa shape index (κ1) is 19.8. The summed E-state index contributed by atoms with van der Waals surface area (Å²) in [6, 6.07) is 15.4. The molecule has 2 heterocycles. The summed E-state index contributed by atoms with van der Waals surface area (Å²) in [7, 11) is 1.61. The van der Waals surface area contributed by atoms with Crippen molar-refractivity contribution in [2.75, 3.05) is 18.6 Å². The average molecular weight is 413 g/mol. The monoisotopic (exact) mass is 412 g/mol. The smallest absolute Gasteiger partial charge is 0.303 e. The van der Waals surface area contributed by atoms with Crippen LogP contribution in [0.4, 0.5) is 5.69 Å². The van der Waals surface area contributed by atoms with Crippen LogP contribution in [0, 0.1) is 0 Å². The van der Waals surface area contributed by atoms with E-state index >= 15 is 0 Å². The fourth-order valence-corrected chi connectivity index (χ4v) is 5.18. The highest BCUT2D eigenvalue weighted by atomic mass is 32.2. The van der Waals surface area contributed by atoms with Crippen LogP contribution in [0.25, 0.3) is 0 Å². The van der Waals surface area contributed by atoms with E-state index in [1.54, 1.807) is 23.8 Å². The standard InChI is InChI=1S/C22H24N2O4S/c1-14(25)28-20-21(15-9-11-16(27-2)12-10-15)29-18-7-4-3-6-17(18)24(22(20)26)19-8-5-13-23-19/h3-4,6-7,9-12,19-21,23H,5,8,13H2,1-2H3/t19-,20-,21+/m1/s1. The minimum absolute atomic E-state index is 0.100. The molecule has 1 N–H and O–H groups in total. The van der Waals surface area contributed by atoms with Crippen LogP contribution in [0.1, 0.15) is 30.6 Å². The topological polar surface area (TPSA) is 67.9 Å². The molecule has 2 aromatic carbocycles. The van der Waals surface area contributed by atoms with Gasteiger partial charge in [0.15, 0.2) is 6.10 Å². The van der Waals surface area contributed by atoms with Crippen molar-refractivity contribution in [3.63, 3.8) is 0 Å². The molecule has 7 heteroatoms. The van der Waals surface area contributed by atoms with Crippen LogP contribution < -0.4 is 15.0 Å². The number of nitrogens with one attached hydrogen (secondary N) is 1. The number of esters is 1. The van der Waals surface area contributed by atoms with Gasteiger partial charge >= 0.3 is 5.97 Å². The molecule has 152 valence electrons. The molecular formula is C22H24N2O4S. The largest absolute Gasteiger partial charge is 0.497 e. The molecule has 1 amide bonds. The molecule has 3 atom stereocenters. The van der Waals surface area contributed by atoms with E-state index in [2.05, 4.69) is 5.32 Å². The van der Waals surface area contributed by atoms with Crippen molar-refractivity contribution >= 4 is 29.3 Å². The second kappa shape index (κ2) is 8.47. The fourth-order valence-electron chi connectivity index (χ4n) is 3.88. The number of thioether (sulfide) groups is 1. The minimum atomic E-state index is -0.916. The highest BCUT2D eigenvalue weighted by Crippen LogP contribution is 2.47. The number of benzene rings is 2. The Morgan fingerprint density at radius 2 is 1.93 bits per heavy atom. The number of amides is 1. The molecule has 0 aliphatic carbocycles. The van der Waals surface area contributed by atoms with Crippen molar-refractivity contribution in [1.82, 2.24) is 5.32 Å². The van der Waals surface area contributed by atoms with Gasteiger partial charge in [-0.05, 0) is 49.2 Å². The van der Waals surface area contributed by atoms with Crippen LogP contribution in [0.2, 0.25) is 0 Å². The van der Waals surface area contributed by atoms with Gasteiger partial charge in [-0.3, -0.25) is 19.8 Å². The van der Waals surface area contributed by atoms with E-state index < -0.39 is 12.1 Å². The molecule has 6 nitrogen and oxygen atoms in total. The van der Waals surface area contributed by atoms with E-state index in [0.717, 1.165) is 41.3 Å². The van der Waals surface area contributed by atoms with E-state index in [0.29, 0.717) is 0 Å². The Morgan fingerprint density at radius 1 is 1.17 bits per heavy atom. The van der Waals surface area contributed by atoms with Gasteiger partial charge in [0.2, 0.25) is 0 Å². The number of methoxy groups -OCH3 is 1. The van der Waals surface area contributed by atoms with Crippen molar-refractivity contribution in [3.8, 4) is 5.75 Å². The number of rotatable bonds is 4. The van der Waals surface area contributed by atoms with E-state index in [9.17, 15) is 9.59 Å². The quantitative estimate of drug-likeness (QED) is 0.775. The summed E-state index contributed by atoms with van der Waals surface area (Å²) in [4.78, 5) is 28.4. The highest BCUT2D eigenvalue weighted by Gasteiger charge is 2.43. The van der Waals surface area contributed by atoms with Crippen LogP contribution in [0.5, 0.6) is 5.75 Å². The Labute approximate surface area is 174 Å². The summed E-state index contributed by atoms with van der Waals surface area (Å²) in [6.07, 6.45) is 0.854. The summed E-state index contributed by atoms with van der Waals surface area (Å²) in [5.74, 6) is 0.0746. The highest BCUT2D eigenvalue weighted by molar-refractivity contribution is 7.99. The Morgan fingerprint density at radius 3 is 2.59 bits per heavy atom. The van der Waals surface area contributed by atoms with Gasteiger partial charge in [-0.15, -0.1) is 11.8 Å². The summed E-state index contributed by atoms with van der Waals surface area (Å²) in [5.41, 5.74) is 1.77. The summed E-state index contributed by atoms with van der Waals surface area (Å²) < 4.78 is 10.9. The maximum atomic E-state index is 13.7. The molecule has 1 fully saturated rings. The molecule has 4 rings (SSSR count). The zero-order chi connectivity index (χ0) is 20.4. The third-order valence-corrected chi connectivity index (χ3v) is 6.59. The van der Waals surface area contributed by atoms with Gasteiger partial charge in [0.25, 0.3) is 5.91 Å². The zero-order valence-electron chi connectivity index (χ0n) is 16.5. The van der Waals surface area contributed by atoms with Crippen molar-refractivity contribution in [1.29, 1.82) is 0 Å². The molecule has 29 heavy (non-hydrogen) atoms. The van der Waals surface area contributed by atoms with Gasteiger partial charge in [-0.25, -0.2) is 0 Å². The van der Waals surface area contributed by atoms with Gasteiger partial charge in [-0.2, -0.15) is 0 Å². The number of carbonyl (C=O) groups is 2. The molecule has 0 radical (unpaired) electrons. The first-order valence-corrected chi connectivity index (χ1v) is 10.6. The molecular weight excluding hydrogens is 388 g/mol. The van der Waals surface area contributed by atoms with E-state index in [-0.39, 0.29) is 17.3 Å². The van der Waals surface area contributed by atoms with E-state index in [4.69, 9.17) is 9.47 Å². The lowest BCUT2D eigenvalue weighted by Gasteiger charge is -2.31. The number of hydrogen-bond donors (Lipinski definition) is 1. The zero-order valence-corrected chi connectivity index (χ0v) is 17.3. The second-order valence-electron chi connectivity index (χ2n) is 7.13. The van der Waals surface area contributed by atoms with Crippen molar-refractivity contribution in [2.24, 2.45) is 0 Å². The third kappa shape index (κ3) is 3.97. The molecule has 2 aliphatic heterocycles. The normalized spacial score (nSPS) is 24.0. The maximum absolute atomic E-state index is 13.7. The molecule has 2 aliphatic rings. The Hall–Kier alpha value is -2.51. The number of carbonyl (C=O) groups excluding carboxylic acids is 2. The van der Waals surface area contributed by atoms with Crippen LogP contribution in [0.15, 0.2) is 53.4 Å². The number of para-hydroxylation sites is 1. The number of hydrogen-bond acceptors (Lipinski definition) is 6. The molecule has 0 spiro atoms. The lowest BCUT2D eigenvalue weighted by atomic mass is 10.0. The molecule has 1 saturated heterocycles. The van der Waals surface area contributed by atoms with Crippen molar-refractivity contribution < 1.29 is 19.1 Å². The number of fused-ring (bicyclic) bond motifs is 1. The summed E-state index contributed by atoms with van der Waals surface area (Å²) in [6.45, 7) is 2.21. The molecule has 0 saturated carbocycles. The maximum Gasteiger partial charge on any atom is 0.303 e. The van der Waals surface area contributed by atoms with Crippen molar-refractivity contribution in [2.45, 2.75) is 42.2 Å². The summed E-state index contributed by atoms with van der Waals surface area (Å²) >= 11 is 1.55. The van der Waals surface area contributed by atoms with Crippen LogP contribution in [-0.2, 0) is 14.3 Å². The lowest BCUT2D eigenvalue weighted by molar-refractivity contribution is -0.153. The minimum Gasteiger partial charge on any atom is -0.497 e. The molecule has 2 aromatic rings. The Balaban J connectivity index is 1.80. The number of ether oxygens (including phenoxy) is 2. The SMILES string of the molecule is COc1ccc([C@@H]2Sc3ccccc3N([C@@H]3CCCN3)C(=O)[C@@H]2OC(C)=O)cc1. The van der Waals surface area contributed by atoms with Crippen LogP contribution in [-0.4, -0.2) is 37.8 Å². The average Bonchev–Trinajstić information content (AvgIpc) is 3.22. The number of anilines is 1. The fraction of sp³-hybridized carbons (Fsp3) is 0.364. The Bertz CT molecular complexity index is 896. The van der Waals surface area contributed by atoms with Crippen LogP contribution in [0.3, 0.4) is 0 Å². The van der Waals surface area contributed by atoms with Gasteiger partial charge < -0.3 is 9.47 Å². The predicted molar refractivity (Wildman–Crippen MR) is 112 cm³/mol. The third-order valence-electron chi connectivity index (χ3n) is 5.22. The van der Waals surface area contributed by atoms with Gasteiger partial charge in [0.1, 0.15) is 5.75 Å².